The van der Waals surface area contributed by atoms with Crippen LogP contribution in [0.5, 0.6) is 0 Å². The number of aliphatic hydroxyl groups excluding tert-OH is 1. The Morgan fingerprint density at radius 2 is 2.00 bits per heavy atom. The zero-order valence-electron chi connectivity index (χ0n) is 10.6. The number of nitro benzene ring substituents is 1. The predicted molar refractivity (Wildman–Crippen MR) is 69.0 cm³/mol. The van der Waals surface area contributed by atoms with Crippen LogP contribution in [-0.4, -0.2) is 52.5 Å². The number of hydrogen-bond acceptors (Lipinski definition) is 6. The number of carboxylic acid groups (broad SMARTS) is 1. The van der Waals surface area contributed by atoms with E-state index in [1.807, 2.05) is 0 Å². The molecule has 0 spiro atoms. The Balaban J connectivity index is 2.52. The fourth-order valence-electron chi connectivity index (χ4n) is 2.23. The summed E-state index contributed by atoms with van der Waals surface area (Å²) in [6, 6.07) is 3.24. The average Bonchev–Trinajstić information content (AvgIpc) is 2.82. The second kappa shape index (κ2) is 5.39. The monoisotopic (exact) mass is 316 g/mol. The molecule has 1 aromatic rings. The maximum atomic E-state index is 12.5. The molecule has 1 aliphatic heterocycles. The largest absolute Gasteiger partial charge is 0.480 e. The molecule has 0 bridgehead atoms. The highest BCUT2D eigenvalue weighted by atomic mass is 32.2. The first-order chi connectivity index (χ1) is 9.75. The van der Waals surface area contributed by atoms with Crippen molar-refractivity contribution < 1.29 is 28.3 Å². The summed E-state index contributed by atoms with van der Waals surface area (Å²) in [5, 5.41) is 29.5. The van der Waals surface area contributed by atoms with E-state index in [1.54, 1.807) is 0 Å². The van der Waals surface area contributed by atoms with E-state index in [2.05, 4.69) is 0 Å². The Kier molecular flexibility index (Phi) is 3.94. The van der Waals surface area contributed by atoms with Gasteiger partial charge in [-0.2, -0.15) is 4.31 Å². The van der Waals surface area contributed by atoms with Crippen LogP contribution >= 0.6 is 0 Å². The molecule has 1 aromatic carbocycles. The maximum Gasteiger partial charge on any atom is 0.322 e. The van der Waals surface area contributed by atoms with Crippen molar-refractivity contribution in [2.75, 3.05) is 6.54 Å². The van der Waals surface area contributed by atoms with E-state index < -0.39 is 50.2 Å². The first-order valence-corrected chi connectivity index (χ1v) is 7.35. The third kappa shape index (κ3) is 2.73. The Hall–Kier alpha value is -2.04. The number of hydrogen-bond donors (Lipinski definition) is 2. The molecule has 21 heavy (non-hydrogen) atoms. The number of carbonyl (C=O) groups is 1. The van der Waals surface area contributed by atoms with Crippen molar-refractivity contribution in [3.8, 4) is 0 Å². The number of para-hydroxylation sites is 1. The van der Waals surface area contributed by atoms with Crippen LogP contribution in [0.4, 0.5) is 5.69 Å². The van der Waals surface area contributed by atoms with Crippen molar-refractivity contribution in [3.05, 3.63) is 34.4 Å². The highest BCUT2D eigenvalue weighted by molar-refractivity contribution is 7.89. The lowest BCUT2D eigenvalue weighted by Gasteiger charge is -2.20. The summed E-state index contributed by atoms with van der Waals surface area (Å²) in [6.45, 7) is -0.411. The molecule has 2 N–H and O–H groups in total. The number of rotatable bonds is 4. The number of nitrogens with zero attached hydrogens (tertiary/aromatic N) is 2. The molecule has 1 saturated heterocycles. The molecule has 2 atom stereocenters. The van der Waals surface area contributed by atoms with Crippen molar-refractivity contribution in [1.29, 1.82) is 0 Å². The number of aliphatic carboxylic acids is 1. The quantitative estimate of drug-likeness (QED) is 0.579. The summed E-state index contributed by atoms with van der Waals surface area (Å²) < 4.78 is 25.5. The molecule has 1 fully saturated rings. The summed E-state index contributed by atoms with van der Waals surface area (Å²) >= 11 is 0. The second-order valence-electron chi connectivity index (χ2n) is 4.54. The molecule has 2 unspecified atom stereocenters. The van der Waals surface area contributed by atoms with Crippen LogP contribution in [-0.2, 0) is 14.8 Å². The van der Waals surface area contributed by atoms with Gasteiger partial charge in [-0.05, 0) is 6.07 Å². The molecular weight excluding hydrogens is 304 g/mol. The maximum absolute atomic E-state index is 12.5. The standard InChI is InChI=1S/C11H12N2O7S/c14-7-5-9(11(15)16)12(6-7)21(19,20)10-4-2-1-3-8(10)13(17)18/h1-4,7,9,14H,5-6H2,(H,15,16). The number of benzene rings is 1. The van der Waals surface area contributed by atoms with E-state index in [0.717, 1.165) is 12.1 Å². The van der Waals surface area contributed by atoms with Gasteiger partial charge in [0.25, 0.3) is 15.7 Å². The normalized spacial score (nSPS) is 23.1. The van der Waals surface area contributed by atoms with Crippen LogP contribution in [0.1, 0.15) is 6.42 Å². The molecule has 114 valence electrons. The van der Waals surface area contributed by atoms with Gasteiger partial charge in [-0.3, -0.25) is 14.9 Å². The van der Waals surface area contributed by atoms with E-state index >= 15 is 0 Å². The van der Waals surface area contributed by atoms with Crippen LogP contribution in [0.25, 0.3) is 0 Å². The summed E-state index contributed by atoms with van der Waals surface area (Å²) in [6.07, 6.45) is -1.38. The minimum Gasteiger partial charge on any atom is -0.480 e. The highest BCUT2D eigenvalue weighted by Crippen LogP contribution is 2.31. The predicted octanol–water partition coefficient (Wildman–Crippen LogP) is -0.197. The Morgan fingerprint density at radius 1 is 1.38 bits per heavy atom. The molecule has 0 aromatic heterocycles. The van der Waals surface area contributed by atoms with Gasteiger partial charge < -0.3 is 10.2 Å². The summed E-state index contributed by atoms with van der Waals surface area (Å²) in [5.74, 6) is -1.41. The number of carboxylic acids is 1. The van der Waals surface area contributed by atoms with Crippen molar-refractivity contribution in [1.82, 2.24) is 4.31 Å². The molecule has 1 heterocycles. The Morgan fingerprint density at radius 3 is 2.57 bits per heavy atom. The Bertz CT molecular complexity index is 688. The molecule has 0 saturated carbocycles. The number of aliphatic hydroxyl groups is 1. The topological polar surface area (TPSA) is 138 Å². The highest BCUT2D eigenvalue weighted by Gasteiger charge is 2.45. The van der Waals surface area contributed by atoms with Gasteiger partial charge in [-0.15, -0.1) is 0 Å². The lowest BCUT2D eigenvalue weighted by atomic mass is 10.2. The van der Waals surface area contributed by atoms with Crippen LogP contribution < -0.4 is 0 Å². The van der Waals surface area contributed by atoms with Crippen LogP contribution in [0.2, 0.25) is 0 Å². The minimum absolute atomic E-state index is 0.255. The first kappa shape index (κ1) is 15.4. The smallest absolute Gasteiger partial charge is 0.322 e. The van der Waals surface area contributed by atoms with Gasteiger partial charge >= 0.3 is 5.97 Å². The van der Waals surface area contributed by atoms with Gasteiger partial charge in [0.1, 0.15) is 6.04 Å². The first-order valence-electron chi connectivity index (χ1n) is 5.91. The molecule has 0 radical (unpaired) electrons. The van der Waals surface area contributed by atoms with E-state index in [0.29, 0.717) is 4.31 Å². The summed E-state index contributed by atoms with van der Waals surface area (Å²) in [4.78, 5) is 20.6. The molecular formula is C11H12N2O7S. The molecule has 1 aliphatic rings. The third-order valence-corrected chi connectivity index (χ3v) is 5.09. The molecule has 0 amide bonds. The van der Waals surface area contributed by atoms with Gasteiger partial charge in [-0.25, -0.2) is 8.42 Å². The van der Waals surface area contributed by atoms with Crippen LogP contribution in [0.15, 0.2) is 29.2 Å². The second-order valence-corrected chi connectivity index (χ2v) is 6.40. The van der Waals surface area contributed by atoms with Crippen molar-refractivity contribution in [2.24, 2.45) is 0 Å². The number of sulfonamides is 1. The fraction of sp³-hybridized carbons (Fsp3) is 0.364. The van der Waals surface area contributed by atoms with E-state index in [-0.39, 0.29) is 6.42 Å². The average molecular weight is 316 g/mol. The van der Waals surface area contributed by atoms with Gasteiger partial charge in [0.2, 0.25) is 0 Å². The zero-order chi connectivity index (χ0) is 15.8. The summed E-state index contributed by atoms with van der Waals surface area (Å²) in [7, 11) is -4.39. The lowest BCUT2D eigenvalue weighted by Crippen LogP contribution is -2.40. The van der Waals surface area contributed by atoms with Gasteiger partial charge in [-0.1, -0.05) is 12.1 Å². The van der Waals surface area contributed by atoms with Crippen molar-refractivity contribution in [2.45, 2.75) is 23.5 Å². The van der Waals surface area contributed by atoms with Gasteiger partial charge in [0.15, 0.2) is 4.90 Å². The van der Waals surface area contributed by atoms with E-state index in [4.69, 9.17) is 5.11 Å². The van der Waals surface area contributed by atoms with Crippen LogP contribution in [0, 0.1) is 10.1 Å². The van der Waals surface area contributed by atoms with E-state index in [9.17, 15) is 28.4 Å². The molecule has 2 rings (SSSR count). The van der Waals surface area contributed by atoms with Gasteiger partial charge in [0.05, 0.1) is 11.0 Å². The zero-order valence-corrected chi connectivity index (χ0v) is 11.4. The molecule has 0 aliphatic carbocycles. The Labute approximate surface area is 119 Å². The van der Waals surface area contributed by atoms with Crippen molar-refractivity contribution in [3.63, 3.8) is 0 Å². The van der Waals surface area contributed by atoms with Crippen molar-refractivity contribution >= 4 is 21.7 Å². The third-order valence-electron chi connectivity index (χ3n) is 3.17. The molecule has 10 heteroatoms. The number of nitro groups is 1. The summed E-state index contributed by atoms with van der Waals surface area (Å²) in [5.41, 5.74) is -0.636. The fourth-order valence-corrected chi connectivity index (χ4v) is 4.02. The minimum atomic E-state index is -4.39. The van der Waals surface area contributed by atoms with Crippen LogP contribution in [0.3, 0.4) is 0 Å². The lowest BCUT2D eigenvalue weighted by molar-refractivity contribution is -0.387. The van der Waals surface area contributed by atoms with E-state index in [1.165, 1.54) is 12.1 Å². The van der Waals surface area contributed by atoms with Gasteiger partial charge in [0, 0.05) is 19.0 Å². The molecule has 9 nitrogen and oxygen atoms in total. The number of β-amino-alcohol motifs (C(OH)–C–C–N with tert-alkyl or cyclic N) is 1. The SMILES string of the molecule is O=C(O)C1CC(O)CN1S(=O)(=O)c1ccccc1[N+](=O)[O-].